The molecule has 0 aliphatic carbocycles. The Labute approximate surface area is 228 Å². The van der Waals surface area contributed by atoms with Crippen LogP contribution in [0.4, 0.5) is 4.79 Å². The van der Waals surface area contributed by atoms with E-state index in [1.807, 2.05) is 96.1 Å². The Morgan fingerprint density at radius 3 is 2.00 bits per heavy atom. The van der Waals surface area contributed by atoms with Gasteiger partial charge in [0.25, 0.3) is 0 Å². The maximum atomic E-state index is 14.3. The highest BCUT2D eigenvalue weighted by Crippen LogP contribution is 2.32. The third-order valence-corrected chi connectivity index (χ3v) is 5.96. The number of nitrogens with zero attached hydrogens (tertiary/aromatic N) is 1. The first kappa shape index (κ1) is 30.9. The SMILES string of the molecule is Cc1ccccc1C(C(=O)NCc1ccccc1)N(C(=O)C(CC(C)C)NC(=O)OC(C)(C)C)C(C)(C)C. The fourth-order valence-electron chi connectivity index (χ4n) is 4.33. The number of nitrogens with one attached hydrogen (secondary N) is 2. The van der Waals surface area contributed by atoms with Crippen LogP contribution in [0, 0.1) is 12.8 Å². The molecule has 0 radical (unpaired) electrons. The summed E-state index contributed by atoms with van der Waals surface area (Å²) < 4.78 is 5.46. The van der Waals surface area contributed by atoms with Gasteiger partial charge in [0.2, 0.25) is 11.8 Å². The minimum absolute atomic E-state index is 0.115. The minimum atomic E-state index is -0.900. The summed E-state index contributed by atoms with van der Waals surface area (Å²) in [6.07, 6.45) is -0.261. The fraction of sp³-hybridized carbons (Fsp3) is 0.516. The summed E-state index contributed by atoms with van der Waals surface area (Å²) in [7, 11) is 0. The molecule has 7 heteroatoms. The number of ether oxygens (including phenoxy) is 1. The fourth-order valence-corrected chi connectivity index (χ4v) is 4.33. The second kappa shape index (κ2) is 12.9. The number of alkyl carbamates (subject to hydrolysis) is 1. The van der Waals surface area contributed by atoms with Gasteiger partial charge in [-0.05, 0) is 77.5 Å². The molecular formula is C31H45N3O4. The Morgan fingerprint density at radius 1 is 0.895 bits per heavy atom. The normalized spacial score (nSPS) is 13.4. The van der Waals surface area contributed by atoms with Crippen molar-refractivity contribution in [2.75, 3.05) is 0 Å². The molecule has 0 fully saturated rings. The van der Waals surface area contributed by atoms with Gasteiger partial charge < -0.3 is 20.3 Å². The van der Waals surface area contributed by atoms with Gasteiger partial charge in [0, 0.05) is 12.1 Å². The lowest BCUT2D eigenvalue weighted by atomic mass is 9.91. The molecule has 3 amide bonds. The largest absolute Gasteiger partial charge is 0.444 e. The molecule has 2 N–H and O–H groups in total. The topological polar surface area (TPSA) is 87.7 Å². The van der Waals surface area contributed by atoms with E-state index in [4.69, 9.17) is 4.74 Å². The zero-order chi connectivity index (χ0) is 28.7. The van der Waals surface area contributed by atoms with E-state index in [0.717, 1.165) is 16.7 Å². The van der Waals surface area contributed by atoms with Crippen molar-refractivity contribution in [1.29, 1.82) is 0 Å². The van der Waals surface area contributed by atoms with Gasteiger partial charge in [-0.1, -0.05) is 68.4 Å². The van der Waals surface area contributed by atoms with E-state index in [2.05, 4.69) is 10.6 Å². The van der Waals surface area contributed by atoms with Crippen molar-refractivity contribution in [3.05, 3.63) is 71.3 Å². The first-order valence-corrected chi connectivity index (χ1v) is 13.3. The van der Waals surface area contributed by atoms with Crippen molar-refractivity contribution < 1.29 is 19.1 Å². The molecule has 2 aromatic carbocycles. The van der Waals surface area contributed by atoms with E-state index in [9.17, 15) is 14.4 Å². The molecule has 2 unspecified atom stereocenters. The molecule has 2 rings (SSSR count). The highest BCUT2D eigenvalue weighted by atomic mass is 16.6. The molecule has 0 aliphatic rings. The molecular weight excluding hydrogens is 478 g/mol. The number of rotatable bonds is 9. The number of amides is 3. The lowest BCUT2D eigenvalue weighted by molar-refractivity contribution is -0.148. The quantitative estimate of drug-likeness (QED) is 0.427. The van der Waals surface area contributed by atoms with Gasteiger partial charge in [0.15, 0.2) is 0 Å². The van der Waals surface area contributed by atoms with E-state index in [1.54, 1.807) is 25.7 Å². The number of carbonyl (C=O) groups is 3. The maximum absolute atomic E-state index is 14.3. The predicted octanol–water partition coefficient (Wildman–Crippen LogP) is 5.92. The van der Waals surface area contributed by atoms with Crippen LogP contribution in [0.2, 0.25) is 0 Å². The molecule has 0 saturated heterocycles. The Kier molecular flexibility index (Phi) is 10.5. The van der Waals surface area contributed by atoms with Gasteiger partial charge in [-0.3, -0.25) is 9.59 Å². The lowest BCUT2D eigenvalue weighted by Gasteiger charge is -2.43. The molecule has 7 nitrogen and oxygen atoms in total. The van der Waals surface area contributed by atoms with Crippen molar-refractivity contribution >= 4 is 17.9 Å². The van der Waals surface area contributed by atoms with Crippen LogP contribution in [0.5, 0.6) is 0 Å². The van der Waals surface area contributed by atoms with Crippen LogP contribution in [0.25, 0.3) is 0 Å². The van der Waals surface area contributed by atoms with Crippen LogP contribution in [0.3, 0.4) is 0 Å². The third-order valence-electron chi connectivity index (χ3n) is 5.96. The Bertz CT molecular complexity index is 1080. The van der Waals surface area contributed by atoms with Gasteiger partial charge in [-0.2, -0.15) is 0 Å². The summed E-state index contributed by atoms with van der Waals surface area (Å²) in [5.41, 5.74) is 1.15. The lowest BCUT2D eigenvalue weighted by Crippen LogP contribution is -2.59. The minimum Gasteiger partial charge on any atom is -0.444 e. The average molecular weight is 524 g/mol. The van der Waals surface area contributed by atoms with E-state index in [1.165, 1.54) is 0 Å². The van der Waals surface area contributed by atoms with Crippen LogP contribution in [-0.2, 0) is 20.9 Å². The van der Waals surface area contributed by atoms with Crippen LogP contribution >= 0.6 is 0 Å². The standard InChI is InChI=1S/C31H45N3O4/c1-21(2)19-25(33-29(37)38-31(7,8)9)28(36)34(30(4,5)6)26(24-18-14-13-15-22(24)3)27(35)32-20-23-16-11-10-12-17-23/h10-18,21,25-26H,19-20H2,1-9H3,(H,32,35)(H,33,37). The summed E-state index contributed by atoms with van der Waals surface area (Å²) >= 11 is 0. The molecule has 0 aromatic heterocycles. The van der Waals surface area contributed by atoms with Crippen LogP contribution in [0.15, 0.2) is 54.6 Å². The van der Waals surface area contributed by atoms with Gasteiger partial charge in [0.1, 0.15) is 17.7 Å². The maximum Gasteiger partial charge on any atom is 0.408 e. The molecule has 0 bridgehead atoms. The monoisotopic (exact) mass is 523 g/mol. The molecule has 2 aromatic rings. The van der Waals surface area contributed by atoms with Crippen LogP contribution < -0.4 is 10.6 Å². The van der Waals surface area contributed by atoms with Gasteiger partial charge >= 0.3 is 6.09 Å². The van der Waals surface area contributed by atoms with E-state index < -0.39 is 29.3 Å². The second-order valence-corrected chi connectivity index (χ2v) is 12.2. The summed E-state index contributed by atoms with van der Waals surface area (Å²) in [6, 6.07) is 15.5. The molecule has 0 spiro atoms. The highest BCUT2D eigenvalue weighted by Gasteiger charge is 2.42. The highest BCUT2D eigenvalue weighted by molar-refractivity contribution is 5.92. The third kappa shape index (κ3) is 9.19. The molecule has 0 aliphatic heterocycles. The average Bonchev–Trinajstić information content (AvgIpc) is 2.79. The van der Waals surface area contributed by atoms with E-state index >= 15 is 0 Å². The van der Waals surface area contributed by atoms with Gasteiger partial charge in [-0.15, -0.1) is 0 Å². The molecule has 0 heterocycles. The number of hydrogen-bond donors (Lipinski definition) is 2. The first-order valence-electron chi connectivity index (χ1n) is 13.3. The van der Waals surface area contributed by atoms with Crippen LogP contribution in [0.1, 0.15) is 84.5 Å². The molecule has 208 valence electrons. The van der Waals surface area contributed by atoms with Crippen molar-refractivity contribution in [1.82, 2.24) is 15.5 Å². The number of benzene rings is 2. The van der Waals surface area contributed by atoms with Gasteiger partial charge in [-0.25, -0.2) is 4.79 Å². The smallest absolute Gasteiger partial charge is 0.408 e. The van der Waals surface area contributed by atoms with Crippen molar-refractivity contribution in [2.45, 2.75) is 98.5 Å². The first-order chi connectivity index (χ1) is 17.6. The Balaban J connectivity index is 2.52. The number of carbonyl (C=O) groups excluding carboxylic acids is 3. The van der Waals surface area contributed by atoms with Crippen LogP contribution in [-0.4, -0.2) is 40.0 Å². The van der Waals surface area contributed by atoms with E-state index in [-0.39, 0.29) is 17.7 Å². The number of aryl methyl sites for hydroxylation is 1. The number of hydrogen-bond acceptors (Lipinski definition) is 4. The Morgan fingerprint density at radius 2 is 1.47 bits per heavy atom. The van der Waals surface area contributed by atoms with E-state index in [0.29, 0.717) is 13.0 Å². The summed E-state index contributed by atoms with van der Waals surface area (Å²) in [4.78, 5) is 42.5. The summed E-state index contributed by atoms with van der Waals surface area (Å²) in [6.45, 7) is 17.3. The summed E-state index contributed by atoms with van der Waals surface area (Å²) in [5, 5.41) is 5.83. The zero-order valence-corrected chi connectivity index (χ0v) is 24.4. The Hall–Kier alpha value is -3.35. The van der Waals surface area contributed by atoms with Gasteiger partial charge in [0.05, 0.1) is 0 Å². The van der Waals surface area contributed by atoms with Crippen molar-refractivity contribution in [3.8, 4) is 0 Å². The zero-order valence-electron chi connectivity index (χ0n) is 24.4. The second-order valence-electron chi connectivity index (χ2n) is 12.2. The van der Waals surface area contributed by atoms with Crippen molar-refractivity contribution in [2.24, 2.45) is 5.92 Å². The molecule has 2 atom stereocenters. The summed E-state index contributed by atoms with van der Waals surface area (Å²) in [5.74, 6) is -0.503. The molecule has 0 saturated carbocycles. The molecule has 38 heavy (non-hydrogen) atoms. The van der Waals surface area contributed by atoms with Crippen molar-refractivity contribution in [3.63, 3.8) is 0 Å². The predicted molar refractivity (Wildman–Crippen MR) is 151 cm³/mol.